The van der Waals surface area contributed by atoms with Gasteiger partial charge in [0.1, 0.15) is 5.03 Å². The van der Waals surface area contributed by atoms with Gasteiger partial charge in [-0.15, -0.1) is 5.10 Å². The molecule has 0 aliphatic heterocycles. The lowest BCUT2D eigenvalue weighted by atomic mass is 10.4. The van der Waals surface area contributed by atoms with E-state index >= 15 is 0 Å². The molecular formula is C11H18N6OS. The molecule has 0 saturated heterocycles. The first-order chi connectivity index (χ1) is 8.95. The molecule has 19 heavy (non-hydrogen) atoms. The maximum Gasteiger partial charge on any atom is 0.343 e. The number of nitrogens with zero attached hydrogens (tertiary/aromatic N) is 4. The summed E-state index contributed by atoms with van der Waals surface area (Å²) >= 11 is 1.36. The minimum atomic E-state index is -0.212. The van der Waals surface area contributed by atoms with Crippen LogP contribution in [0.4, 0.5) is 5.69 Å². The van der Waals surface area contributed by atoms with E-state index in [1.165, 1.54) is 11.8 Å². The van der Waals surface area contributed by atoms with Crippen molar-refractivity contribution in [2.75, 3.05) is 5.73 Å². The molecule has 0 radical (unpaired) electrons. The third-order valence-corrected chi connectivity index (χ3v) is 3.90. The van der Waals surface area contributed by atoms with Crippen LogP contribution in [0.15, 0.2) is 15.0 Å². The van der Waals surface area contributed by atoms with Crippen LogP contribution in [-0.4, -0.2) is 24.5 Å². The van der Waals surface area contributed by atoms with Crippen LogP contribution in [0.25, 0.3) is 0 Å². The molecule has 7 nitrogen and oxygen atoms in total. The molecule has 0 saturated carbocycles. The summed E-state index contributed by atoms with van der Waals surface area (Å²) in [5.41, 5.74) is 7.27. The van der Waals surface area contributed by atoms with Gasteiger partial charge < -0.3 is 5.73 Å². The number of hydrogen-bond donors (Lipinski definition) is 2. The Kier molecular flexibility index (Phi) is 3.70. The highest BCUT2D eigenvalue weighted by atomic mass is 32.2. The SMILES string of the molecule is CCn1c(Sc2c(N)c(C)nn2C(C)C)n[nH]c1=O. The van der Waals surface area contributed by atoms with Gasteiger partial charge in [-0.2, -0.15) is 5.10 Å². The summed E-state index contributed by atoms with van der Waals surface area (Å²) in [7, 11) is 0. The van der Waals surface area contributed by atoms with Crippen molar-refractivity contribution in [3.63, 3.8) is 0 Å². The fourth-order valence-electron chi connectivity index (χ4n) is 1.74. The number of hydrogen-bond acceptors (Lipinski definition) is 5. The quantitative estimate of drug-likeness (QED) is 0.884. The van der Waals surface area contributed by atoms with E-state index in [0.29, 0.717) is 17.4 Å². The van der Waals surface area contributed by atoms with Crippen LogP contribution in [-0.2, 0) is 6.54 Å². The van der Waals surface area contributed by atoms with Crippen LogP contribution in [0.5, 0.6) is 0 Å². The van der Waals surface area contributed by atoms with Crippen LogP contribution in [0.3, 0.4) is 0 Å². The first kappa shape index (κ1) is 13.7. The van der Waals surface area contributed by atoms with Gasteiger partial charge in [0.15, 0.2) is 5.16 Å². The lowest BCUT2D eigenvalue weighted by Gasteiger charge is -2.10. The van der Waals surface area contributed by atoms with Crippen molar-refractivity contribution in [3.05, 3.63) is 16.2 Å². The summed E-state index contributed by atoms with van der Waals surface area (Å²) in [4.78, 5) is 11.5. The van der Waals surface area contributed by atoms with Crippen LogP contribution < -0.4 is 11.4 Å². The summed E-state index contributed by atoms with van der Waals surface area (Å²) in [6.45, 7) is 8.40. The van der Waals surface area contributed by atoms with Crippen LogP contribution in [0.2, 0.25) is 0 Å². The molecule has 8 heteroatoms. The largest absolute Gasteiger partial charge is 0.395 e. The molecule has 0 atom stereocenters. The number of nitrogen functional groups attached to an aromatic ring is 1. The highest BCUT2D eigenvalue weighted by molar-refractivity contribution is 7.99. The Bertz CT molecular complexity index is 638. The Morgan fingerprint density at radius 1 is 1.47 bits per heavy atom. The third-order valence-electron chi connectivity index (χ3n) is 2.80. The molecule has 104 valence electrons. The Morgan fingerprint density at radius 2 is 2.16 bits per heavy atom. The number of H-pyrrole nitrogens is 1. The molecule has 2 aromatic rings. The molecule has 0 spiro atoms. The van der Waals surface area contributed by atoms with Gasteiger partial charge in [0.05, 0.1) is 11.4 Å². The van der Waals surface area contributed by atoms with Crippen LogP contribution in [0.1, 0.15) is 32.5 Å². The van der Waals surface area contributed by atoms with E-state index < -0.39 is 0 Å². The Labute approximate surface area is 115 Å². The first-order valence-electron chi connectivity index (χ1n) is 6.13. The van der Waals surface area contributed by atoms with Crippen molar-refractivity contribution in [1.82, 2.24) is 24.5 Å². The average molecular weight is 282 g/mol. The van der Waals surface area contributed by atoms with Gasteiger partial charge in [-0.3, -0.25) is 9.25 Å². The maximum atomic E-state index is 11.5. The van der Waals surface area contributed by atoms with Crippen molar-refractivity contribution in [1.29, 1.82) is 0 Å². The lowest BCUT2D eigenvalue weighted by molar-refractivity contribution is 0.490. The highest BCUT2D eigenvalue weighted by Crippen LogP contribution is 2.33. The summed E-state index contributed by atoms with van der Waals surface area (Å²) in [5.74, 6) is 0. The average Bonchev–Trinajstić information content (AvgIpc) is 2.84. The van der Waals surface area contributed by atoms with Crippen molar-refractivity contribution >= 4 is 17.4 Å². The summed E-state index contributed by atoms with van der Waals surface area (Å²) in [6.07, 6.45) is 0. The van der Waals surface area contributed by atoms with Gasteiger partial charge in [-0.25, -0.2) is 9.89 Å². The van der Waals surface area contributed by atoms with Gasteiger partial charge in [0.2, 0.25) is 0 Å². The second-order valence-corrected chi connectivity index (χ2v) is 5.46. The predicted molar refractivity (Wildman–Crippen MR) is 74.4 cm³/mol. The van der Waals surface area contributed by atoms with Gasteiger partial charge in [-0.05, 0) is 39.5 Å². The number of aromatic amines is 1. The number of aryl methyl sites for hydroxylation is 1. The molecule has 0 bridgehead atoms. The number of rotatable bonds is 4. The number of anilines is 1. The molecule has 2 rings (SSSR count). The zero-order chi connectivity index (χ0) is 14.2. The first-order valence-corrected chi connectivity index (χ1v) is 6.95. The maximum absolute atomic E-state index is 11.5. The monoisotopic (exact) mass is 282 g/mol. The molecule has 0 aliphatic carbocycles. The molecule has 0 fully saturated rings. The van der Waals surface area contributed by atoms with Gasteiger partial charge in [-0.1, -0.05) is 0 Å². The molecule has 0 amide bonds. The van der Waals surface area contributed by atoms with Crippen molar-refractivity contribution in [3.8, 4) is 0 Å². The summed E-state index contributed by atoms with van der Waals surface area (Å²) in [6, 6.07) is 0.194. The zero-order valence-corrected chi connectivity index (χ0v) is 12.3. The van der Waals surface area contributed by atoms with Crippen LogP contribution >= 0.6 is 11.8 Å². The number of aromatic nitrogens is 5. The van der Waals surface area contributed by atoms with E-state index in [-0.39, 0.29) is 11.7 Å². The summed E-state index contributed by atoms with van der Waals surface area (Å²) < 4.78 is 3.42. The molecule has 2 aromatic heterocycles. The molecule has 0 aliphatic rings. The molecular weight excluding hydrogens is 264 g/mol. The second-order valence-electron chi connectivity index (χ2n) is 4.50. The Hall–Kier alpha value is -1.70. The minimum Gasteiger partial charge on any atom is -0.395 e. The fourth-order valence-corrected chi connectivity index (χ4v) is 2.93. The standard InChI is InChI=1S/C11H18N6OS/c1-5-16-10(18)13-14-11(16)19-9-8(12)7(4)15-17(9)6(2)3/h6H,5,12H2,1-4H3,(H,13,18). The van der Waals surface area contributed by atoms with Gasteiger partial charge >= 0.3 is 5.69 Å². The van der Waals surface area contributed by atoms with E-state index in [2.05, 4.69) is 15.3 Å². The number of nitrogens with one attached hydrogen (secondary N) is 1. The zero-order valence-electron chi connectivity index (χ0n) is 11.5. The van der Waals surface area contributed by atoms with Crippen LogP contribution in [0, 0.1) is 6.92 Å². The Morgan fingerprint density at radius 3 is 2.74 bits per heavy atom. The molecule has 2 heterocycles. The topological polar surface area (TPSA) is 94.5 Å². The molecule has 0 aromatic carbocycles. The van der Waals surface area contributed by atoms with E-state index in [1.54, 1.807) is 4.57 Å². The highest BCUT2D eigenvalue weighted by Gasteiger charge is 2.19. The number of nitrogens with two attached hydrogens (primary N) is 1. The van der Waals surface area contributed by atoms with Gasteiger partial charge in [0, 0.05) is 12.6 Å². The van der Waals surface area contributed by atoms with Crippen molar-refractivity contribution in [2.45, 2.75) is 50.5 Å². The normalized spacial score (nSPS) is 11.4. The lowest BCUT2D eigenvalue weighted by Crippen LogP contribution is -2.16. The van der Waals surface area contributed by atoms with E-state index in [9.17, 15) is 4.79 Å². The predicted octanol–water partition coefficient (Wildman–Crippen LogP) is 1.41. The third kappa shape index (κ3) is 2.40. The fraction of sp³-hybridized carbons (Fsp3) is 0.545. The summed E-state index contributed by atoms with van der Waals surface area (Å²) in [5, 5.41) is 12.3. The van der Waals surface area contributed by atoms with Crippen molar-refractivity contribution < 1.29 is 0 Å². The van der Waals surface area contributed by atoms with E-state index in [1.807, 2.05) is 32.4 Å². The smallest absolute Gasteiger partial charge is 0.343 e. The minimum absolute atomic E-state index is 0.194. The molecule has 3 N–H and O–H groups in total. The van der Waals surface area contributed by atoms with E-state index in [4.69, 9.17) is 5.73 Å². The van der Waals surface area contributed by atoms with E-state index in [0.717, 1.165) is 10.7 Å². The Balaban J connectivity index is 2.46. The second kappa shape index (κ2) is 5.12. The van der Waals surface area contributed by atoms with Gasteiger partial charge in [0.25, 0.3) is 0 Å². The molecule has 0 unspecified atom stereocenters. The van der Waals surface area contributed by atoms with Crippen molar-refractivity contribution in [2.24, 2.45) is 0 Å².